The molecule has 0 aliphatic heterocycles. The fourth-order valence-electron chi connectivity index (χ4n) is 2.07. The fraction of sp³-hybridized carbons (Fsp3) is 0.167. The molecule has 6 nitrogen and oxygen atoms in total. The van der Waals surface area contributed by atoms with Gasteiger partial charge in [0.05, 0.1) is 6.20 Å². The number of allylic oxidation sites excluding steroid dienone is 5. The smallest absolute Gasteiger partial charge is 0.274 e. The lowest BCUT2D eigenvalue weighted by Crippen LogP contribution is -2.18. The van der Waals surface area contributed by atoms with Crippen molar-refractivity contribution in [1.82, 2.24) is 20.5 Å². The zero-order valence-electron chi connectivity index (χ0n) is 13.5. The van der Waals surface area contributed by atoms with Crippen molar-refractivity contribution in [1.29, 1.82) is 0 Å². The molecule has 6 heteroatoms. The van der Waals surface area contributed by atoms with Gasteiger partial charge in [-0.1, -0.05) is 53.8 Å². The molecule has 0 fully saturated rings. The first-order valence-electron chi connectivity index (χ1n) is 7.56. The summed E-state index contributed by atoms with van der Waals surface area (Å²) in [6.45, 7) is 6.63. The number of aryl methyl sites for hydroxylation is 1. The Bertz CT molecular complexity index is 775. The highest BCUT2D eigenvalue weighted by atomic mass is 16.5. The summed E-state index contributed by atoms with van der Waals surface area (Å²) in [6, 6.07) is 6.83. The molecule has 2 aromatic rings. The highest BCUT2D eigenvalue weighted by Crippen LogP contribution is 2.18. The van der Waals surface area contributed by atoms with Crippen LogP contribution in [0.2, 0.25) is 0 Å². The second-order valence-electron chi connectivity index (χ2n) is 5.18. The molecular formula is C18H20N4O2. The molecule has 2 rings (SSSR count). The van der Waals surface area contributed by atoms with E-state index in [9.17, 15) is 4.79 Å². The van der Waals surface area contributed by atoms with Crippen LogP contribution in [0.5, 0.6) is 0 Å². The average Bonchev–Trinajstić information content (AvgIpc) is 3.08. The third-order valence-corrected chi connectivity index (χ3v) is 3.36. The molecule has 1 aromatic heterocycles. The van der Waals surface area contributed by atoms with Crippen molar-refractivity contribution >= 4 is 5.91 Å². The Morgan fingerprint density at radius 1 is 1.42 bits per heavy atom. The van der Waals surface area contributed by atoms with E-state index in [-0.39, 0.29) is 0 Å². The third kappa shape index (κ3) is 4.76. The summed E-state index contributed by atoms with van der Waals surface area (Å²) < 4.78 is 1.74. The van der Waals surface area contributed by atoms with E-state index in [4.69, 9.17) is 5.21 Å². The second kappa shape index (κ2) is 8.59. The number of nitrogens with zero attached hydrogens (tertiary/aromatic N) is 3. The van der Waals surface area contributed by atoms with Gasteiger partial charge in [-0.05, 0) is 25.5 Å². The van der Waals surface area contributed by atoms with Gasteiger partial charge in [-0.15, -0.1) is 5.10 Å². The maximum absolute atomic E-state index is 11.5. The van der Waals surface area contributed by atoms with Gasteiger partial charge >= 0.3 is 0 Å². The molecule has 24 heavy (non-hydrogen) atoms. The van der Waals surface area contributed by atoms with Gasteiger partial charge in [-0.2, -0.15) is 0 Å². The first-order valence-corrected chi connectivity index (χ1v) is 7.56. The quantitative estimate of drug-likeness (QED) is 0.466. The molecule has 0 aliphatic carbocycles. The molecule has 1 aromatic carbocycles. The molecule has 0 atom stereocenters. The Hall–Kier alpha value is -2.99. The van der Waals surface area contributed by atoms with Crippen LogP contribution < -0.4 is 5.48 Å². The molecule has 1 heterocycles. The third-order valence-electron chi connectivity index (χ3n) is 3.36. The predicted octanol–water partition coefficient (Wildman–Crippen LogP) is 3.14. The van der Waals surface area contributed by atoms with Crippen molar-refractivity contribution in [2.75, 3.05) is 0 Å². The Morgan fingerprint density at radius 3 is 3.00 bits per heavy atom. The molecule has 0 saturated carbocycles. The molecule has 1 amide bonds. The summed E-state index contributed by atoms with van der Waals surface area (Å²) in [4.78, 5) is 11.5. The topological polar surface area (TPSA) is 80.0 Å². The lowest BCUT2D eigenvalue weighted by Gasteiger charge is -2.01. The van der Waals surface area contributed by atoms with Crippen molar-refractivity contribution in [3.8, 4) is 11.3 Å². The van der Waals surface area contributed by atoms with E-state index in [1.54, 1.807) is 28.4 Å². The summed E-state index contributed by atoms with van der Waals surface area (Å²) in [6.07, 6.45) is 10.4. The number of amides is 1. The highest BCUT2D eigenvalue weighted by Gasteiger charge is 2.08. The van der Waals surface area contributed by atoms with E-state index in [0.717, 1.165) is 17.6 Å². The minimum atomic E-state index is -0.562. The van der Waals surface area contributed by atoms with Gasteiger partial charge in [0, 0.05) is 17.7 Å². The second-order valence-corrected chi connectivity index (χ2v) is 5.18. The molecule has 124 valence electrons. The minimum absolute atomic E-state index is 0.354. The number of hydrogen-bond acceptors (Lipinski definition) is 4. The van der Waals surface area contributed by atoms with Gasteiger partial charge < -0.3 is 0 Å². The van der Waals surface area contributed by atoms with Crippen LogP contribution in [0.1, 0.15) is 23.7 Å². The summed E-state index contributed by atoms with van der Waals surface area (Å²) in [5, 5.41) is 16.9. The lowest BCUT2D eigenvalue weighted by molar-refractivity contribution is 0.0706. The van der Waals surface area contributed by atoms with E-state index in [1.165, 1.54) is 0 Å². The van der Waals surface area contributed by atoms with Crippen molar-refractivity contribution < 1.29 is 10.0 Å². The molecular weight excluding hydrogens is 304 g/mol. The van der Waals surface area contributed by atoms with Crippen LogP contribution in [0.4, 0.5) is 0 Å². The SMILES string of the molecule is C=C(/C=C\C=C/C)CCn1cc(-c2cccc(C(=O)NO)c2)nn1. The van der Waals surface area contributed by atoms with Gasteiger partial charge in [0.2, 0.25) is 0 Å². The lowest BCUT2D eigenvalue weighted by atomic mass is 10.1. The van der Waals surface area contributed by atoms with Crippen LogP contribution in [0, 0.1) is 0 Å². The summed E-state index contributed by atoms with van der Waals surface area (Å²) >= 11 is 0. The van der Waals surface area contributed by atoms with Crippen molar-refractivity contribution in [2.24, 2.45) is 0 Å². The minimum Gasteiger partial charge on any atom is -0.288 e. The van der Waals surface area contributed by atoms with Crippen LogP contribution >= 0.6 is 0 Å². The number of carbonyl (C=O) groups is 1. The Kier molecular flexibility index (Phi) is 6.22. The van der Waals surface area contributed by atoms with E-state index >= 15 is 0 Å². The summed E-state index contributed by atoms with van der Waals surface area (Å²) in [7, 11) is 0. The monoisotopic (exact) mass is 324 g/mol. The van der Waals surface area contributed by atoms with Gasteiger partial charge in [-0.3, -0.25) is 14.7 Å². The Balaban J connectivity index is 2.03. The molecule has 0 spiro atoms. The van der Waals surface area contributed by atoms with Crippen LogP contribution in [-0.4, -0.2) is 26.1 Å². The average molecular weight is 324 g/mol. The predicted molar refractivity (Wildman–Crippen MR) is 92.4 cm³/mol. The zero-order chi connectivity index (χ0) is 17.4. The van der Waals surface area contributed by atoms with Crippen molar-refractivity contribution in [3.05, 3.63) is 72.5 Å². The van der Waals surface area contributed by atoms with E-state index in [1.807, 2.05) is 43.5 Å². The van der Waals surface area contributed by atoms with Crippen LogP contribution in [0.15, 0.2) is 66.9 Å². The molecule has 0 unspecified atom stereocenters. The Morgan fingerprint density at radius 2 is 2.25 bits per heavy atom. The van der Waals surface area contributed by atoms with Crippen LogP contribution in [0.3, 0.4) is 0 Å². The number of nitrogens with one attached hydrogen (secondary N) is 1. The van der Waals surface area contributed by atoms with Gasteiger partial charge in [0.15, 0.2) is 0 Å². The van der Waals surface area contributed by atoms with E-state index in [2.05, 4.69) is 16.9 Å². The first kappa shape index (κ1) is 17.4. The number of carbonyl (C=O) groups excluding carboxylic acids is 1. The maximum Gasteiger partial charge on any atom is 0.274 e. The Labute approximate surface area is 140 Å². The normalized spacial score (nSPS) is 11.2. The number of hydrogen-bond donors (Lipinski definition) is 2. The molecule has 0 saturated heterocycles. The number of hydroxylamine groups is 1. The first-order chi connectivity index (χ1) is 11.6. The van der Waals surface area contributed by atoms with Gasteiger partial charge in [0.1, 0.15) is 5.69 Å². The molecule has 0 radical (unpaired) electrons. The van der Waals surface area contributed by atoms with Gasteiger partial charge in [0.25, 0.3) is 5.91 Å². The number of aromatic nitrogens is 3. The van der Waals surface area contributed by atoms with E-state index < -0.39 is 5.91 Å². The van der Waals surface area contributed by atoms with Crippen LogP contribution in [0.25, 0.3) is 11.3 Å². The number of rotatable bonds is 7. The van der Waals surface area contributed by atoms with Crippen molar-refractivity contribution in [3.63, 3.8) is 0 Å². The maximum atomic E-state index is 11.5. The highest BCUT2D eigenvalue weighted by molar-refractivity contribution is 5.94. The van der Waals surface area contributed by atoms with Gasteiger partial charge in [-0.25, -0.2) is 5.48 Å². The van der Waals surface area contributed by atoms with E-state index in [0.29, 0.717) is 17.8 Å². The molecule has 2 N–H and O–H groups in total. The van der Waals surface area contributed by atoms with Crippen LogP contribution in [-0.2, 0) is 6.54 Å². The standard InChI is InChI=1S/C18H20N4O2/c1-3-4-5-7-14(2)10-11-22-13-17(19-21-22)15-8-6-9-16(12-15)18(23)20-24/h3-9,12-13,24H,2,10-11H2,1H3,(H,20,23)/b4-3-,7-5-. The zero-order valence-corrected chi connectivity index (χ0v) is 13.5. The molecule has 0 bridgehead atoms. The number of benzene rings is 1. The largest absolute Gasteiger partial charge is 0.288 e. The summed E-state index contributed by atoms with van der Waals surface area (Å²) in [5.41, 5.74) is 4.40. The van der Waals surface area contributed by atoms with Crippen molar-refractivity contribution in [2.45, 2.75) is 19.9 Å². The summed E-state index contributed by atoms with van der Waals surface area (Å²) in [5.74, 6) is -0.562. The fourth-order valence-corrected chi connectivity index (χ4v) is 2.07. The molecule has 0 aliphatic rings.